The van der Waals surface area contributed by atoms with Crippen LogP contribution in [0.2, 0.25) is 0 Å². The molecule has 4 nitrogen and oxygen atoms in total. The van der Waals surface area contributed by atoms with Crippen molar-refractivity contribution in [2.75, 3.05) is 19.0 Å². The molecule has 0 atom stereocenters. The predicted octanol–water partition coefficient (Wildman–Crippen LogP) is 3.74. The summed E-state index contributed by atoms with van der Waals surface area (Å²) in [5.74, 6) is 2.47. The average Bonchev–Trinajstić information content (AvgIpc) is 2.41. The van der Waals surface area contributed by atoms with Gasteiger partial charge in [0.15, 0.2) is 0 Å². The smallest absolute Gasteiger partial charge is 0.221 e. The minimum absolute atomic E-state index is 0.735. The van der Waals surface area contributed by atoms with Gasteiger partial charge in [0.05, 0.1) is 12.2 Å². The molecule has 0 saturated carbocycles. The zero-order valence-electron chi connectivity index (χ0n) is 12.8. The van der Waals surface area contributed by atoms with Crippen molar-refractivity contribution in [3.63, 3.8) is 0 Å². The van der Waals surface area contributed by atoms with E-state index in [0.29, 0.717) is 0 Å². The van der Waals surface area contributed by atoms with Crippen molar-refractivity contribution >= 4 is 5.82 Å². The Morgan fingerprint density at radius 3 is 2.47 bits per heavy atom. The van der Waals surface area contributed by atoms with Gasteiger partial charge >= 0.3 is 0 Å². The molecule has 1 N–H and O–H groups in total. The third kappa shape index (κ3) is 5.05. The lowest BCUT2D eigenvalue weighted by atomic mass is 10.2. The maximum atomic E-state index is 5.82. The number of rotatable bonds is 9. The van der Waals surface area contributed by atoms with E-state index < -0.39 is 0 Å². The summed E-state index contributed by atoms with van der Waals surface area (Å²) < 4.78 is 5.82. The molecule has 0 aliphatic rings. The number of ether oxygens (including phenoxy) is 1. The first kappa shape index (κ1) is 15.7. The number of hydrogen-bond acceptors (Lipinski definition) is 4. The summed E-state index contributed by atoms with van der Waals surface area (Å²) in [6, 6.07) is 0. The molecule has 0 radical (unpaired) electrons. The van der Waals surface area contributed by atoms with Crippen LogP contribution in [0.4, 0.5) is 5.82 Å². The molecule has 1 rings (SSSR count). The summed E-state index contributed by atoms with van der Waals surface area (Å²) >= 11 is 0. The zero-order chi connectivity index (χ0) is 14.1. The van der Waals surface area contributed by atoms with Gasteiger partial charge in [0, 0.05) is 13.5 Å². The predicted molar refractivity (Wildman–Crippen MR) is 79.9 cm³/mol. The molecule has 0 aliphatic carbocycles. The van der Waals surface area contributed by atoms with Crippen molar-refractivity contribution in [1.82, 2.24) is 9.97 Å². The first-order valence-electron chi connectivity index (χ1n) is 7.40. The fourth-order valence-corrected chi connectivity index (χ4v) is 1.96. The van der Waals surface area contributed by atoms with E-state index in [4.69, 9.17) is 4.74 Å². The molecule has 0 spiro atoms. The molecule has 1 aromatic rings. The fourth-order valence-electron chi connectivity index (χ4n) is 1.96. The number of anilines is 1. The maximum absolute atomic E-state index is 5.82. The van der Waals surface area contributed by atoms with Crippen LogP contribution in [0.1, 0.15) is 57.3 Å². The van der Waals surface area contributed by atoms with Crippen LogP contribution in [-0.2, 0) is 6.42 Å². The SMILES string of the molecule is CCCCCCOc1nc(CCC)nc(NC)c1C. The number of nitrogens with zero attached hydrogens (tertiary/aromatic N) is 2. The van der Waals surface area contributed by atoms with E-state index in [2.05, 4.69) is 29.1 Å². The van der Waals surface area contributed by atoms with Crippen LogP contribution in [0.3, 0.4) is 0 Å². The standard InChI is InChI=1S/C15H27N3O/c1-5-7-8-9-11-19-15-12(3)14(16-4)17-13(18-15)10-6-2/h5-11H2,1-4H3,(H,16,17,18). The van der Waals surface area contributed by atoms with Gasteiger partial charge < -0.3 is 10.1 Å². The van der Waals surface area contributed by atoms with Gasteiger partial charge in [-0.1, -0.05) is 33.1 Å². The van der Waals surface area contributed by atoms with Crippen LogP contribution in [0.5, 0.6) is 5.88 Å². The second-order valence-electron chi connectivity index (χ2n) is 4.83. The van der Waals surface area contributed by atoms with Gasteiger partial charge in [0.2, 0.25) is 5.88 Å². The molecule has 0 aromatic carbocycles. The minimum Gasteiger partial charge on any atom is -0.477 e. The highest BCUT2D eigenvalue weighted by molar-refractivity contribution is 5.48. The third-order valence-corrected chi connectivity index (χ3v) is 3.09. The summed E-state index contributed by atoms with van der Waals surface area (Å²) in [5.41, 5.74) is 0.998. The van der Waals surface area contributed by atoms with E-state index in [1.54, 1.807) is 0 Å². The lowest BCUT2D eigenvalue weighted by Gasteiger charge is -2.12. The molecule has 0 fully saturated rings. The van der Waals surface area contributed by atoms with Gasteiger partial charge in [0.25, 0.3) is 0 Å². The van der Waals surface area contributed by atoms with E-state index in [0.717, 1.165) is 49.0 Å². The van der Waals surface area contributed by atoms with Crippen molar-refractivity contribution < 1.29 is 4.74 Å². The van der Waals surface area contributed by atoms with E-state index >= 15 is 0 Å². The molecule has 0 bridgehead atoms. The van der Waals surface area contributed by atoms with E-state index in [-0.39, 0.29) is 0 Å². The molecular weight excluding hydrogens is 238 g/mol. The minimum atomic E-state index is 0.735. The largest absolute Gasteiger partial charge is 0.477 e. The van der Waals surface area contributed by atoms with E-state index in [9.17, 15) is 0 Å². The first-order valence-corrected chi connectivity index (χ1v) is 7.40. The number of unbranched alkanes of at least 4 members (excludes halogenated alkanes) is 3. The van der Waals surface area contributed by atoms with Crippen LogP contribution in [0.15, 0.2) is 0 Å². The lowest BCUT2D eigenvalue weighted by molar-refractivity contribution is 0.290. The summed E-state index contributed by atoms with van der Waals surface area (Å²) in [6.45, 7) is 7.09. The second-order valence-corrected chi connectivity index (χ2v) is 4.83. The van der Waals surface area contributed by atoms with Gasteiger partial charge in [-0.15, -0.1) is 0 Å². The van der Waals surface area contributed by atoms with Crippen molar-refractivity contribution in [3.05, 3.63) is 11.4 Å². The Labute approximate surface area is 117 Å². The molecule has 108 valence electrons. The average molecular weight is 265 g/mol. The Morgan fingerprint density at radius 2 is 1.84 bits per heavy atom. The monoisotopic (exact) mass is 265 g/mol. The molecule has 0 aliphatic heterocycles. The number of hydrogen-bond donors (Lipinski definition) is 1. The highest BCUT2D eigenvalue weighted by Gasteiger charge is 2.10. The summed E-state index contributed by atoms with van der Waals surface area (Å²) in [7, 11) is 1.89. The lowest BCUT2D eigenvalue weighted by Crippen LogP contribution is -2.08. The number of aryl methyl sites for hydroxylation is 1. The normalized spacial score (nSPS) is 10.5. The maximum Gasteiger partial charge on any atom is 0.221 e. The topological polar surface area (TPSA) is 47.0 Å². The van der Waals surface area contributed by atoms with Crippen molar-refractivity contribution in [3.8, 4) is 5.88 Å². The first-order chi connectivity index (χ1) is 9.22. The Hall–Kier alpha value is -1.32. The molecule has 0 unspecified atom stereocenters. The molecule has 1 aromatic heterocycles. The van der Waals surface area contributed by atoms with Gasteiger partial charge in [-0.05, 0) is 19.8 Å². The quantitative estimate of drug-likeness (QED) is 0.691. The van der Waals surface area contributed by atoms with Crippen molar-refractivity contribution in [2.45, 2.75) is 59.3 Å². The van der Waals surface area contributed by atoms with E-state index in [1.807, 2.05) is 14.0 Å². The van der Waals surface area contributed by atoms with Crippen LogP contribution < -0.4 is 10.1 Å². The summed E-state index contributed by atoms with van der Waals surface area (Å²) in [6.07, 6.45) is 6.77. The molecule has 0 amide bonds. The number of nitrogens with one attached hydrogen (secondary N) is 1. The zero-order valence-corrected chi connectivity index (χ0v) is 12.8. The highest BCUT2D eigenvalue weighted by Crippen LogP contribution is 2.22. The third-order valence-electron chi connectivity index (χ3n) is 3.09. The Kier molecular flexibility index (Phi) is 7.23. The van der Waals surface area contributed by atoms with Crippen molar-refractivity contribution in [1.29, 1.82) is 0 Å². The van der Waals surface area contributed by atoms with Crippen LogP contribution in [0.25, 0.3) is 0 Å². The number of aromatic nitrogens is 2. The summed E-state index contributed by atoms with van der Waals surface area (Å²) in [4.78, 5) is 9.01. The summed E-state index contributed by atoms with van der Waals surface area (Å²) in [5, 5.41) is 3.11. The molecule has 19 heavy (non-hydrogen) atoms. The Balaban J connectivity index is 2.66. The van der Waals surface area contributed by atoms with Gasteiger partial charge in [-0.25, -0.2) is 4.98 Å². The van der Waals surface area contributed by atoms with Crippen molar-refractivity contribution in [2.24, 2.45) is 0 Å². The fraction of sp³-hybridized carbons (Fsp3) is 0.733. The van der Waals surface area contributed by atoms with Crippen LogP contribution >= 0.6 is 0 Å². The second kappa shape index (κ2) is 8.73. The molecule has 1 heterocycles. The molecular formula is C15H27N3O. The Bertz CT molecular complexity index is 380. The molecule has 4 heteroatoms. The van der Waals surface area contributed by atoms with Crippen LogP contribution in [-0.4, -0.2) is 23.6 Å². The van der Waals surface area contributed by atoms with E-state index in [1.165, 1.54) is 19.3 Å². The van der Waals surface area contributed by atoms with Crippen LogP contribution in [0, 0.1) is 6.92 Å². The molecule has 0 saturated heterocycles. The Morgan fingerprint density at radius 1 is 1.05 bits per heavy atom. The van der Waals surface area contributed by atoms with Gasteiger partial charge in [-0.2, -0.15) is 4.98 Å². The highest BCUT2D eigenvalue weighted by atomic mass is 16.5. The van der Waals surface area contributed by atoms with Gasteiger partial charge in [0.1, 0.15) is 11.6 Å². The van der Waals surface area contributed by atoms with Gasteiger partial charge in [-0.3, -0.25) is 0 Å².